The molecule has 19 heavy (non-hydrogen) atoms. The van der Waals surface area contributed by atoms with Crippen molar-refractivity contribution in [3.05, 3.63) is 52.8 Å². The van der Waals surface area contributed by atoms with Gasteiger partial charge in [0.15, 0.2) is 0 Å². The molecule has 0 unspecified atom stereocenters. The lowest BCUT2D eigenvalue weighted by Gasteiger charge is -2.08. The van der Waals surface area contributed by atoms with Crippen LogP contribution in [0.5, 0.6) is 0 Å². The van der Waals surface area contributed by atoms with Gasteiger partial charge in [-0.1, -0.05) is 33.3 Å². The zero-order chi connectivity index (χ0) is 13.2. The standard InChI is InChI=1S/C13H10BrFN4/c14-9-5-6-11(10(15)7-9)16-8-19-13-4-2-1-3-12(13)17-18-19/h1-7,16H,8H2. The molecule has 3 rings (SSSR count). The Kier molecular flexibility index (Phi) is 3.16. The van der Waals surface area contributed by atoms with Crippen LogP contribution < -0.4 is 5.32 Å². The Morgan fingerprint density at radius 2 is 2.05 bits per heavy atom. The van der Waals surface area contributed by atoms with Gasteiger partial charge in [-0.2, -0.15) is 0 Å². The second kappa shape index (κ2) is 4.97. The predicted molar refractivity (Wildman–Crippen MR) is 75.3 cm³/mol. The maximum Gasteiger partial charge on any atom is 0.147 e. The van der Waals surface area contributed by atoms with Gasteiger partial charge in [-0.25, -0.2) is 9.07 Å². The molecule has 0 saturated carbocycles. The number of anilines is 1. The van der Waals surface area contributed by atoms with Gasteiger partial charge in [-0.3, -0.25) is 0 Å². The minimum atomic E-state index is -0.307. The number of rotatable bonds is 3. The van der Waals surface area contributed by atoms with Gasteiger partial charge in [0.2, 0.25) is 0 Å². The number of para-hydroxylation sites is 1. The summed E-state index contributed by atoms with van der Waals surface area (Å²) in [7, 11) is 0. The first-order valence-electron chi connectivity index (χ1n) is 5.71. The van der Waals surface area contributed by atoms with E-state index in [4.69, 9.17) is 0 Å². The number of nitrogens with one attached hydrogen (secondary N) is 1. The summed E-state index contributed by atoms with van der Waals surface area (Å²) in [4.78, 5) is 0. The van der Waals surface area contributed by atoms with Gasteiger partial charge in [-0.05, 0) is 30.3 Å². The van der Waals surface area contributed by atoms with Crippen molar-refractivity contribution < 1.29 is 4.39 Å². The Morgan fingerprint density at radius 3 is 2.89 bits per heavy atom. The van der Waals surface area contributed by atoms with E-state index in [2.05, 4.69) is 31.6 Å². The maximum atomic E-state index is 13.7. The van der Waals surface area contributed by atoms with Crippen LogP contribution in [0.15, 0.2) is 46.9 Å². The Labute approximate surface area is 117 Å². The largest absolute Gasteiger partial charge is 0.364 e. The molecule has 4 nitrogen and oxygen atoms in total. The minimum absolute atomic E-state index is 0.307. The highest BCUT2D eigenvalue weighted by molar-refractivity contribution is 9.10. The van der Waals surface area contributed by atoms with E-state index in [1.807, 2.05) is 24.3 Å². The van der Waals surface area contributed by atoms with E-state index in [0.717, 1.165) is 11.0 Å². The third kappa shape index (κ3) is 2.44. The third-order valence-electron chi connectivity index (χ3n) is 2.77. The van der Waals surface area contributed by atoms with Crippen molar-refractivity contribution in [1.29, 1.82) is 0 Å². The monoisotopic (exact) mass is 320 g/mol. The molecule has 3 aromatic rings. The molecule has 96 valence electrons. The lowest BCUT2D eigenvalue weighted by Crippen LogP contribution is -2.10. The fourth-order valence-electron chi connectivity index (χ4n) is 1.83. The molecule has 6 heteroatoms. The molecule has 1 N–H and O–H groups in total. The zero-order valence-electron chi connectivity index (χ0n) is 9.85. The molecule has 0 amide bonds. The fraction of sp³-hybridized carbons (Fsp3) is 0.0769. The average molecular weight is 321 g/mol. The highest BCUT2D eigenvalue weighted by Gasteiger charge is 2.05. The third-order valence-corrected chi connectivity index (χ3v) is 3.26. The van der Waals surface area contributed by atoms with Crippen molar-refractivity contribution in [1.82, 2.24) is 15.0 Å². The summed E-state index contributed by atoms with van der Waals surface area (Å²) < 4.78 is 16.1. The molecule has 0 fully saturated rings. The van der Waals surface area contributed by atoms with Crippen molar-refractivity contribution in [3.63, 3.8) is 0 Å². The molecule has 0 atom stereocenters. The molecule has 1 heterocycles. The van der Waals surface area contributed by atoms with Gasteiger partial charge in [-0.15, -0.1) is 5.10 Å². The van der Waals surface area contributed by atoms with Crippen LogP contribution in [0, 0.1) is 5.82 Å². The molecule has 0 aliphatic rings. The summed E-state index contributed by atoms with van der Waals surface area (Å²) in [6.45, 7) is 0.360. The highest BCUT2D eigenvalue weighted by atomic mass is 79.9. The van der Waals surface area contributed by atoms with Gasteiger partial charge in [0.05, 0.1) is 11.2 Å². The van der Waals surface area contributed by atoms with E-state index >= 15 is 0 Å². The molecule has 2 aromatic carbocycles. The zero-order valence-corrected chi connectivity index (χ0v) is 11.4. The first kappa shape index (κ1) is 12.1. The van der Waals surface area contributed by atoms with E-state index in [1.54, 1.807) is 16.8 Å². The van der Waals surface area contributed by atoms with E-state index in [9.17, 15) is 4.39 Å². The first-order valence-corrected chi connectivity index (χ1v) is 6.50. The van der Waals surface area contributed by atoms with Crippen LogP contribution in [0.4, 0.5) is 10.1 Å². The Bertz CT molecular complexity index is 725. The van der Waals surface area contributed by atoms with Crippen LogP contribution in [0.25, 0.3) is 11.0 Å². The number of benzene rings is 2. The first-order chi connectivity index (χ1) is 9.24. The number of fused-ring (bicyclic) bond motifs is 1. The smallest absolute Gasteiger partial charge is 0.147 e. The molecule has 0 saturated heterocycles. The molecule has 0 spiro atoms. The van der Waals surface area contributed by atoms with Crippen molar-refractivity contribution in [3.8, 4) is 0 Å². The fourth-order valence-corrected chi connectivity index (χ4v) is 2.16. The average Bonchev–Trinajstić information content (AvgIpc) is 2.81. The summed E-state index contributed by atoms with van der Waals surface area (Å²) in [5, 5.41) is 11.1. The van der Waals surface area contributed by atoms with Gasteiger partial charge >= 0.3 is 0 Å². The summed E-state index contributed by atoms with van der Waals surface area (Å²) >= 11 is 3.22. The lowest BCUT2D eigenvalue weighted by molar-refractivity contribution is 0.615. The lowest BCUT2D eigenvalue weighted by atomic mass is 10.3. The van der Waals surface area contributed by atoms with Gasteiger partial charge < -0.3 is 5.32 Å². The molecule has 0 bridgehead atoms. The van der Waals surface area contributed by atoms with E-state index in [-0.39, 0.29) is 5.82 Å². The van der Waals surface area contributed by atoms with Crippen LogP contribution in [0.2, 0.25) is 0 Å². The Hall–Kier alpha value is -1.95. The number of nitrogens with zero attached hydrogens (tertiary/aromatic N) is 3. The molecular weight excluding hydrogens is 311 g/mol. The van der Waals surface area contributed by atoms with Gasteiger partial charge in [0, 0.05) is 4.47 Å². The molecular formula is C13H10BrFN4. The van der Waals surface area contributed by atoms with Crippen LogP contribution in [0.1, 0.15) is 0 Å². The predicted octanol–water partition coefficient (Wildman–Crippen LogP) is 3.40. The molecule has 0 aliphatic carbocycles. The maximum absolute atomic E-state index is 13.7. The number of aromatic nitrogens is 3. The van der Waals surface area contributed by atoms with Crippen LogP contribution in [-0.2, 0) is 6.67 Å². The van der Waals surface area contributed by atoms with Crippen molar-refractivity contribution in [2.75, 3.05) is 5.32 Å². The van der Waals surface area contributed by atoms with Crippen LogP contribution in [0.3, 0.4) is 0 Å². The van der Waals surface area contributed by atoms with Gasteiger partial charge in [0.25, 0.3) is 0 Å². The van der Waals surface area contributed by atoms with Crippen molar-refractivity contribution >= 4 is 32.7 Å². The van der Waals surface area contributed by atoms with Crippen molar-refractivity contribution in [2.45, 2.75) is 6.67 Å². The summed E-state index contributed by atoms with van der Waals surface area (Å²) in [5.41, 5.74) is 2.16. The van der Waals surface area contributed by atoms with E-state index in [1.165, 1.54) is 6.07 Å². The minimum Gasteiger partial charge on any atom is -0.364 e. The highest BCUT2D eigenvalue weighted by Crippen LogP contribution is 2.19. The van der Waals surface area contributed by atoms with E-state index in [0.29, 0.717) is 16.8 Å². The summed E-state index contributed by atoms with van der Waals surface area (Å²) in [6.07, 6.45) is 0. The Morgan fingerprint density at radius 1 is 1.21 bits per heavy atom. The summed E-state index contributed by atoms with van der Waals surface area (Å²) in [6, 6.07) is 12.5. The molecule has 1 aromatic heterocycles. The quantitative estimate of drug-likeness (QED) is 0.804. The normalized spacial score (nSPS) is 10.8. The van der Waals surface area contributed by atoms with E-state index < -0.39 is 0 Å². The molecule has 0 aliphatic heterocycles. The second-order valence-electron chi connectivity index (χ2n) is 4.04. The summed E-state index contributed by atoms with van der Waals surface area (Å²) in [5.74, 6) is -0.307. The number of halogens is 2. The van der Waals surface area contributed by atoms with Gasteiger partial charge in [0.1, 0.15) is 18.0 Å². The SMILES string of the molecule is Fc1cc(Br)ccc1NCn1nnc2ccccc21. The van der Waals surface area contributed by atoms with Crippen LogP contribution in [-0.4, -0.2) is 15.0 Å². The topological polar surface area (TPSA) is 42.7 Å². The molecule has 0 radical (unpaired) electrons. The number of hydrogen-bond acceptors (Lipinski definition) is 3. The number of hydrogen-bond donors (Lipinski definition) is 1. The Balaban J connectivity index is 1.82. The van der Waals surface area contributed by atoms with Crippen LogP contribution >= 0.6 is 15.9 Å². The van der Waals surface area contributed by atoms with Crippen molar-refractivity contribution in [2.24, 2.45) is 0 Å². The second-order valence-corrected chi connectivity index (χ2v) is 4.95.